The molecule has 0 heterocycles. The van der Waals surface area contributed by atoms with Crippen molar-refractivity contribution < 1.29 is 18.8 Å². The zero-order valence-corrected chi connectivity index (χ0v) is 10.6. The SMILES string of the molecule is O=Cc1cc(Cl)ccc1Oc1c(F)cccc1[N+](=O)[O-]. The van der Waals surface area contributed by atoms with Crippen molar-refractivity contribution in [3.05, 3.63) is 62.9 Å². The van der Waals surface area contributed by atoms with Gasteiger partial charge in [-0.1, -0.05) is 17.7 Å². The van der Waals surface area contributed by atoms with Gasteiger partial charge in [0.1, 0.15) is 5.75 Å². The normalized spacial score (nSPS) is 10.1. The largest absolute Gasteiger partial charge is 0.446 e. The second-order valence-electron chi connectivity index (χ2n) is 3.75. The monoisotopic (exact) mass is 295 g/mol. The number of aldehydes is 1. The summed E-state index contributed by atoms with van der Waals surface area (Å²) in [6.45, 7) is 0. The van der Waals surface area contributed by atoms with Crippen molar-refractivity contribution in [1.29, 1.82) is 0 Å². The van der Waals surface area contributed by atoms with Crippen LogP contribution in [0.3, 0.4) is 0 Å². The highest BCUT2D eigenvalue weighted by Crippen LogP contribution is 2.35. The first-order valence-electron chi connectivity index (χ1n) is 5.38. The maximum atomic E-state index is 13.7. The van der Waals surface area contributed by atoms with Gasteiger partial charge in [0.2, 0.25) is 5.75 Å². The molecule has 2 aromatic carbocycles. The third-order valence-electron chi connectivity index (χ3n) is 2.45. The molecule has 0 saturated carbocycles. The molecular weight excluding hydrogens is 289 g/mol. The Morgan fingerprint density at radius 1 is 1.30 bits per heavy atom. The molecule has 0 fully saturated rings. The summed E-state index contributed by atoms with van der Waals surface area (Å²) in [5.41, 5.74) is -0.466. The van der Waals surface area contributed by atoms with E-state index in [1.807, 2.05) is 0 Å². The molecule has 20 heavy (non-hydrogen) atoms. The summed E-state index contributed by atoms with van der Waals surface area (Å²) in [5.74, 6) is -1.47. The van der Waals surface area contributed by atoms with Crippen LogP contribution in [-0.4, -0.2) is 11.2 Å². The fourth-order valence-corrected chi connectivity index (χ4v) is 1.74. The maximum absolute atomic E-state index is 13.7. The molecule has 5 nitrogen and oxygen atoms in total. The van der Waals surface area contributed by atoms with Crippen molar-refractivity contribution in [3.8, 4) is 11.5 Å². The predicted octanol–water partition coefficient (Wildman–Crippen LogP) is 3.99. The van der Waals surface area contributed by atoms with Crippen molar-refractivity contribution >= 4 is 23.6 Å². The fourth-order valence-electron chi connectivity index (χ4n) is 1.56. The quantitative estimate of drug-likeness (QED) is 0.486. The van der Waals surface area contributed by atoms with Crippen LogP contribution in [0.15, 0.2) is 36.4 Å². The standard InChI is InChI=1S/C13H7ClFNO4/c14-9-4-5-12(8(6-9)7-17)20-13-10(15)2-1-3-11(13)16(18)19/h1-7H. The van der Waals surface area contributed by atoms with Crippen LogP contribution in [0.1, 0.15) is 10.4 Å². The lowest BCUT2D eigenvalue weighted by atomic mass is 10.2. The summed E-state index contributed by atoms with van der Waals surface area (Å²) in [4.78, 5) is 21.0. The Labute approximate surface area is 117 Å². The van der Waals surface area contributed by atoms with Crippen LogP contribution in [-0.2, 0) is 0 Å². The van der Waals surface area contributed by atoms with Gasteiger partial charge in [0.25, 0.3) is 0 Å². The summed E-state index contributed by atoms with van der Waals surface area (Å²) in [7, 11) is 0. The fraction of sp³-hybridized carbons (Fsp3) is 0. The molecule has 102 valence electrons. The van der Waals surface area contributed by atoms with Crippen LogP contribution < -0.4 is 4.74 Å². The smallest absolute Gasteiger partial charge is 0.314 e. The highest BCUT2D eigenvalue weighted by molar-refractivity contribution is 6.30. The third-order valence-corrected chi connectivity index (χ3v) is 2.69. The van der Waals surface area contributed by atoms with E-state index in [0.717, 1.165) is 12.1 Å². The number of rotatable bonds is 4. The topological polar surface area (TPSA) is 69.4 Å². The molecule has 0 spiro atoms. The molecule has 7 heteroatoms. The van der Waals surface area contributed by atoms with Crippen molar-refractivity contribution in [2.45, 2.75) is 0 Å². The van der Waals surface area contributed by atoms with Gasteiger partial charge < -0.3 is 4.74 Å². The van der Waals surface area contributed by atoms with Crippen LogP contribution in [0, 0.1) is 15.9 Å². The number of para-hydroxylation sites is 1. The summed E-state index contributed by atoms with van der Waals surface area (Å²) in [6.07, 6.45) is 0.466. The highest BCUT2D eigenvalue weighted by atomic mass is 35.5. The predicted molar refractivity (Wildman–Crippen MR) is 70.0 cm³/mol. The van der Waals surface area contributed by atoms with Crippen LogP contribution in [0.4, 0.5) is 10.1 Å². The molecule has 0 bridgehead atoms. The Morgan fingerprint density at radius 3 is 2.70 bits per heavy atom. The van der Waals surface area contributed by atoms with Crippen molar-refractivity contribution in [1.82, 2.24) is 0 Å². The molecule has 0 N–H and O–H groups in total. The lowest BCUT2D eigenvalue weighted by Gasteiger charge is -2.09. The molecule has 0 aliphatic carbocycles. The minimum absolute atomic E-state index is 0.0161. The number of halogens is 2. The van der Waals surface area contributed by atoms with Crippen LogP contribution in [0.2, 0.25) is 5.02 Å². The van der Waals surface area contributed by atoms with Crippen molar-refractivity contribution in [2.24, 2.45) is 0 Å². The maximum Gasteiger partial charge on any atom is 0.314 e. The molecule has 0 aromatic heterocycles. The number of nitrogens with zero attached hydrogens (tertiary/aromatic N) is 1. The molecule has 0 aliphatic rings. The van der Waals surface area contributed by atoms with E-state index < -0.39 is 22.2 Å². The number of benzene rings is 2. The average molecular weight is 296 g/mol. The number of nitro benzene ring substituents is 1. The highest BCUT2D eigenvalue weighted by Gasteiger charge is 2.21. The van der Waals surface area contributed by atoms with Gasteiger partial charge in [-0.2, -0.15) is 0 Å². The van der Waals surface area contributed by atoms with Gasteiger partial charge in [0.05, 0.1) is 10.5 Å². The Balaban J connectivity index is 2.50. The number of carbonyl (C=O) groups excluding carboxylic acids is 1. The average Bonchev–Trinajstić information content (AvgIpc) is 2.42. The zero-order chi connectivity index (χ0) is 14.7. The van der Waals surface area contributed by atoms with Gasteiger partial charge >= 0.3 is 5.69 Å². The van der Waals surface area contributed by atoms with Gasteiger partial charge in [0, 0.05) is 11.1 Å². The Kier molecular flexibility index (Phi) is 3.95. The van der Waals surface area contributed by atoms with E-state index in [9.17, 15) is 19.3 Å². The number of carbonyl (C=O) groups is 1. The molecule has 0 unspecified atom stereocenters. The number of hydrogen-bond donors (Lipinski definition) is 0. The van der Waals surface area contributed by atoms with Crippen molar-refractivity contribution in [3.63, 3.8) is 0 Å². The van der Waals surface area contributed by atoms with Crippen molar-refractivity contribution in [2.75, 3.05) is 0 Å². The van der Waals surface area contributed by atoms with E-state index in [1.165, 1.54) is 24.3 Å². The molecule has 0 aliphatic heterocycles. The molecule has 2 rings (SSSR count). The summed E-state index contributed by atoms with van der Waals surface area (Å²) in [5, 5.41) is 11.1. The van der Waals surface area contributed by atoms with Gasteiger partial charge in [-0.25, -0.2) is 4.39 Å². The number of ether oxygens (including phenoxy) is 1. The van der Waals surface area contributed by atoms with E-state index in [2.05, 4.69) is 0 Å². The first-order valence-corrected chi connectivity index (χ1v) is 5.76. The van der Waals surface area contributed by atoms with E-state index in [-0.39, 0.29) is 11.3 Å². The summed E-state index contributed by atoms with van der Waals surface area (Å²) >= 11 is 5.71. The van der Waals surface area contributed by atoms with Crippen LogP contribution in [0.25, 0.3) is 0 Å². The van der Waals surface area contributed by atoms with E-state index in [0.29, 0.717) is 11.3 Å². The van der Waals surface area contributed by atoms with E-state index >= 15 is 0 Å². The second kappa shape index (κ2) is 5.66. The van der Waals surface area contributed by atoms with Gasteiger partial charge in [-0.15, -0.1) is 0 Å². The van der Waals surface area contributed by atoms with Crippen LogP contribution >= 0.6 is 11.6 Å². The third kappa shape index (κ3) is 2.75. The molecule has 0 radical (unpaired) electrons. The summed E-state index contributed by atoms with van der Waals surface area (Å²) in [6, 6.07) is 7.41. The Hall–Kier alpha value is -2.47. The minimum Gasteiger partial charge on any atom is -0.446 e. The lowest BCUT2D eigenvalue weighted by molar-refractivity contribution is -0.385. The second-order valence-corrected chi connectivity index (χ2v) is 4.18. The molecule has 0 atom stereocenters. The Morgan fingerprint density at radius 2 is 2.05 bits per heavy atom. The summed E-state index contributed by atoms with van der Waals surface area (Å²) < 4.78 is 18.8. The molecule has 2 aromatic rings. The first kappa shape index (κ1) is 14.0. The van der Waals surface area contributed by atoms with E-state index in [1.54, 1.807) is 0 Å². The van der Waals surface area contributed by atoms with Gasteiger partial charge in [0.15, 0.2) is 12.1 Å². The minimum atomic E-state index is -0.897. The molecule has 0 amide bonds. The lowest BCUT2D eigenvalue weighted by Crippen LogP contribution is -1.98. The molecular formula is C13H7ClFNO4. The van der Waals surface area contributed by atoms with Gasteiger partial charge in [-0.3, -0.25) is 14.9 Å². The van der Waals surface area contributed by atoms with E-state index in [4.69, 9.17) is 16.3 Å². The zero-order valence-electron chi connectivity index (χ0n) is 9.88. The van der Waals surface area contributed by atoms with Gasteiger partial charge in [-0.05, 0) is 24.3 Å². The van der Waals surface area contributed by atoms with Crippen LogP contribution in [0.5, 0.6) is 11.5 Å². The Bertz CT molecular complexity index is 690. The number of nitro groups is 1. The first-order chi connectivity index (χ1) is 9.52. The molecule has 0 saturated heterocycles. The number of hydrogen-bond acceptors (Lipinski definition) is 4.